The summed E-state index contributed by atoms with van der Waals surface area (Å²) in [6.45, 7) is 7.23. The van der Waals surface area contributed by atoms with Crippen LogP contribution in [0.4, 0.5) is 5.95 Å². The van der Waals surface area contributed by atoms with E-state index in [-0.39, 0.29) is 0 Å². The molecule has 0 spiro atoms. The fourth-order valence-electron chi connectivity index (χ4n) is 1.53. The lowest BCUT2D eigenvalue weighted by Gasteiger charge is -2.08. The van der Waals surface area contributed by atoms with E-state index in [9.17, 15) is 0 Å². The smallest absolute Gasteiger partial charge is 0.224 e. The lowest BCUT2D eigenvalue weighted by Crippen LogP contribution is -2.06. The first-order chi connectivity index (χ1) is 7.72. The molecule has 0 aliphatic heterocycles. The zero-order chi connectivity index (χ0) is 11.5. The van der Waals surface area contributed by atoms with Crippen molar-refractivity contribution in [2.75, 3.05) is 11.9 Å². The molecule has 0 amide bonds. The third-order valence-electron chi connectivity index (χ3n) is 2.41. The van der Waals surface area contributed by atoms with Gasteiger partial charge in [-0.1, -0.05) is 6.92 Å². The van der Waals surface area contributed by atoms with Crippen LogP contribution in [0.25, 0.3) is 11.2 Å². The second-order valence-electron chi connectivity index (χ2n) is 4.07. The van der Waals surface area contributed by atoms with E-state index in [1.807, 2.05) is 10.9 Å². The molecule has 0 aromatic carbocycles. The molecule has 2 rings (SSSR count). The first-order valence-corrected chi connectivity index (χ1v) is 5.65. The number of aromatic nitrogens is 4. The topological polar surface area (TPSA) is 55.6 Å². The van der Waals surface area contributed by atoms with Crippen molar-refractivity contribution in [2.45, 2.75) is 33.2 Å². The van der Waals surface area contributed by atoms with Gasteiger partial charge in [-0.3, -0.25) is 0 Å². The first-order valence-electron chi connectivity index (χ1n) is 5.65. The zero-order valence-electron chi connectivity index (χ0n) is 9.94. The van der Waals surface area contributed by atoms with Gasteiger partial charge in [0.05, 0.1) is 12.5 Å². The Morgan fingerprint density at radius 1 is 1.38 bits per heavy atom. The summed E-state index contributed by atoms with van der Waals surface area (Å²) in [5.41, 5.74) is 1.74. The van der Waals surface area contributed by atoms with Crippen molar-refractivity contribution in [3.8, 4) is 0 Å². The number of hydrogen-bond donors (Lipinski definition) is 1. The van der Waals surface area contributed by atoms with Crippen molar-refractivity contribution in [2.24, 2.45) is 0 Å². The quantitative estimate of drug-likeness (QED) is 0.856. The highest BCUT2D eigenvalue weighted by molar-refractivity contribution is 5.70. The maximum atomic E-state index is 4.47. The summed E-state index contributed by atoms with van der Waals surface area (Å²) in [4.78, 5) is 13.0. The first kappa shape index (κ1) is 10.9. The van der Waals surface area contributed by atoms with Gasteiger partial charge in [0.25, 0.3) is 0 Å². The molecule has 0 aliphatic carbocycles. The Kier molecular flexibility index (Phi) is 3.03. The van der Waals surface area contributed by atoms with Crippen molar-refractivity contribution in [3.05, 3.63) is 12.5 Å². The molecular formula is C11H17N5. The second kappa shape index (κ2) is 4.47. The van der Waals surface area contributed by atoms with E-state index in [1.54, 1.807) is 6.20 Å². The Morgan fingerprint density at radius 2 is 2.19 bits per heavy atom. The van der Waals surface area contributed by atoms with E-state index >= 15 is 0 Å². The molecule has 1 N–H and O–H groups in total. The van der Waals surface area contributed by atoms with Crippen molar-refractivity contribution in [3.63, 3.8) is 0 Å². The molecule has 5 nitrogen and oxygen atoms in total. The van der Waals surface area contributed by atoms with Crippen LogP contribution < -0.4 is 5.32 Å². The molecule has 0 fully saturated rings. The molecule has 0 bridgehead atoms. The summed E-state index contributed by atoms with van der Waals surface area (Å²) >= 11 is 0. The van der Waals surface area contributed by atoms with Gasteiger partial charge >= 0.3 is 0 Å². The Balaban J connectivity index is 2.38. The Bertz CT molecular complexity index is 474. The number of fused-ring (bicyclic) bond motifs is 1. The average Bonchev–Trinajstić information content (AvgIpc) is 2.69. The molecule has 0 radical (unpaired) electrons. The van der Waals surface area contributed by atoms with Crippen molar-refractivity contribution >= 4 is 17.1 Å². The van der Waals surface area contributed by atoms with Crippen LogP contribution in [-0.2, 0) is 0 Å². The van der Waals surface area contributed by atoms with Crippen LogP contribution in [0.3, 0.4) is 0 Å². The zero-order valence-corrected chi connectivity index (χ0v) is 9.94. The summed E-state index contributed by atoms with van der Waals surface area (Å²) in [6.07, 6.45) is 4.64. The number of nitrogens with zero attached hydrogens (tertiary/aromatic N) is 4. The molecule has 2 aromatic rings. The van der Waals surface area contributed by atoms with Crippen LogP contribution in [0, 0.1) is 0 Å². The highest BCUT2D eigenvalue weighted by Crippen LogP contribution is 2.15. The molecule has 0 aliphatic rings. The maximum absolute atomic E-state index is 4.47. The molecule has 5 heteroatoms. The summed E-state index contributed by atoms with van der Waals surface area (Å²) in [7, 11) is 0. The minimum absolute atomic E-state index is 0.360. The third kappa shape index (κ3) is 1.98. The minimum Gasteiger partial charge on any atom is -0.354 e. The fraction of sp³-hybridized carbons (Fsp3) is 0.545. The van der Waals surface area contributed by atoms with E-state index < -0.39 is 0 Å². The van der Waals surface area contributed by atoms with Gasteiger partial charge in [0.1, 0.15) is 5.52 Å². The number of imidazole rings is 1. The number of hydrogen-bond acceptors (Lipinski definition) is 4. The predicted octanol–water partition coefficient (Wildman–Crippen LogP) is 2.23. The van der Waals surface area contributed by atoms with Crippen LogP contribution in [0.1, 0.15) is 33.2 Å². The monoisotopic (exact) mass is 219 g/mol. The van der Waals surface area contributed by atoms with Crippen LogP contribution >= 0.6 is 0 Å². The van der Waals surface area contributed by atoms with E-state index in [0.29, 0.717) is 12.0 Å². The number of nitrogens with one attached hydrogen (secondary N) is 1. The Labute approximate surface area is 94.9 Å². The van der Waals surface area contributed by atoms with Gasteiger partial charge in [0.15, 0.2) is 5.65 Å². The predicted molar refractivity (Wildman–Crippen MR) is 64.5 cm³/mol. The average molecular weight is 219 g/mol. The van der Waals surface area contributed by atoms with Gasteiger partial charge in [-0.15, -0.1) is 0 Å². The lowest BCUT2D eigenvalue weighted by molar-refractivity contribution is 0.613. The Morgan fingerprint density at radius 3 is 2.88 bits per heavy atom. The van der Waals surface area contributed by atoms with Crippen molar-refractivity contribution in [1.82, 2.24) is 19.5 Å². The molecule has 2 aromatic heterocycles. The van der Waals surface area contributed by atoms with Crippen molar-refractivity contribution in [1.29, 1.82) is 0 Å². The molecule has 16 heavy (non-hydrogen) atoms. The molecule has 0 saturated heterocycles. The molecule has 2 heterocycles. The number of rotatable bonds is 4. The Hall–Kier alpha value is -1.65. The largest absolute Gasteiger partial charge is 0.354 e. The fourth-order valence-corrected chi connectivity index (χ4v) is 1.53. The molecule has 0 saturated carbocycles. The van der Waals surface area contributed by atoms with E-state index in [0.717, 1.165) is 24.1 Å². The second-order valence-corrected chi connectivity index (χ2v) is 4.07. The number of anilines is 1. The van der Waals surface area contributed by atoms with E-state index in [4.69, 9.17) is 0 Å². The summed E-state index contributed by atoms with van der Waals surface area (Å²) in [5.74, 6) is 0.678. The van der Waals surface area contributed by atoms with Gasteiger partial charge in [0, 0.05) is 12.6 Å². The molecular weight excluding hydrogens is 202 g/mol. The summed E-state index contributed by atoms with van der Waals surface area (Å²) < 4.78 is 2.05. The van der Waals surface area contributed by atoms with Crippen LogP contribution in [0.2, 0.25) is 0 Å². The van der Waals surface area contributed by atoms with E-state index in [1.165, 1.54) is 0 Å². The van der Waals surface area contributed by atoms with Gasteiger partial charge in [-0.05, 0) is 20.3 Å². The highest BCUT2D eigenvalue weighted by Gasteiger charge is 2.08. The van der Waals surface area contributed by atoms with Gasteiger partial charge in [-0.2, -0.15) is 4.98 Å². The molecule has 86 valence electrons. The third-order valence-corrected chi connectivity index (χ3v) is 2.41. The summed E-state index contributed by atoms with van der Waals surface area (Å²) in [6, 6.07) is 0.360. The molecule has 0 atom stereocenters. The van der Waals surface area contributed by atoms with Gasteiger partial charge < -0.3 is 9.88 Å². The molecule has 0 unspecified atom stereocenters. The maximum Gasteiger partial charge on any atom is 0.224 e. The normalized spacial score (nSPS) is 11.2. The van der Waals surface area contributed by atoms with Crippen LogP contribution in [0.5, 0.6) is 0 Å². The SMILES string of the molecule is CCCNc1ncc2ncn(C(C)C)c2n1. The van der Waals surface area contributed by atoms with Crippen molar-refractivity contribution < 1.29 is 0 Å². The van der Waals surface area contributed by atoms with Crippen LogP contribution in [-0.4, -0.2) is 26.1 Å². The summed E-state index contributed by atoms with van der Waals surface area (Å²) in [5, 5.41) is 3.18. The highest BCUT2D eigenvalue weighted by atomic mass is 15.2. The minimum atomic E-state index is 0.360. The van der Waals surface area contributed by atoms with Gasteiger partial charge in [-0.25, -0.2) is 9.97 Å². The van der Waals surface area contributed by atoms with Gasteiger partial charge in [0.2, 0.25) is 5.95 Å². The van der Waals surface area contributed by atoms with E-state index in [2.05, 4.69) is 41.0 Å². The standard InChI is InChI=1S/C11H17N5/c1-4-5-12-11-13-6-9-10(15-11)16(7-14-9)8(2)3/h6-8H,4-5H2,1-3H3,(H,12,13,15). The van der Waals surface area contributed by atoms with Crippen LogP contribution in [0.15, 0.2) is 12.5 Å². The lowest BCUT2D eigenvalue weighted by atomic mass is 10.4.